The number of hydrogen-bond donors (Lipinski definition) is 3. The molecule has 0 radical (unpaired) electrons. The van der Waals surface area contributed by atoms with Crippen LogP contribution in [0.1, 0.15) is 57.1 Å². The molecule has 0 amide bonds. The number of carbonyl (C=O) groups is 1. The molecular weight excluding hydrogens is 472 g/mol. The molecular formula is C29H36N2O4S. The molecule has 6 nitrogen and oxygen atoms in total. The Hall–Kier alpha value is -2.74. The summed E-state index contributed by atoms with van der Waals surface area (Å²) >= 11 is 0. The van der Waals surface area contributed by atoms with Gasteiger partial charge in [0.2, 0.25) is 0 Å². The Labute approximate surface area is 214 Å². The van der Waals surface area contributed by atoms with Crippen molar-refractivity contribution in [2.24, 2.45) is 28.3 Å². The van der Waals surface area contributed by atoms with Gasteiger partial charge in [-0.15, -0.1) is 0 Å². The predicted molar refractivity (Wildman–Crippen MR) is 144 cm³/mol. The first-order valence-electron chi connectivity index (χ1n) is 12.6. The second-order valence-electron chi connectivity index (χ2n) is 10.5. The molecule has 0 spiro atoms. The quantitative estimate of drug-likeness (QED) is 0.407. The highest BCUT2D eigenvalue weighted by atomic mass is 32.2. The van der Waals surface area contributed by atoms with Gasteiger partial charge in [0.05, 0.1) is 0 Å². The first-order chi connectivity index (χ1) is 17.0. The van der Waals surface area contributed by atoms with Crippen LogP contribution in [0.2, 0.25) is 0 Å². The summed E-state index contributed by atoms with van der Waals surface area (Å²) < 4.78 is 26.9. The molecule has 0 saturated heterocycles. The molecule has 0 aliphatic heterocycles. The Balaban J connectivity index is 1.86. The number of rotatable bonds is 10. The summed E-state index contributed by atoms with van der Waals surface area (Å²) in [6.45, 7) is 8.71. The number of nitrogens with one attached hydrogen (secondary N) is 1. The van der Waals surface area contributed by atoms with Crippen LogP contribution in [0.15, 0.2) is 72.8 Å². The van der Waals surface area contributed by atoms with Crippen molar-refractivity contribution in [2.75, 3.05) is 0 Å². The molecule has 2 aliphatic carbocycles. The van der Waals surface area contributed by atoms with Gasteiger partial charge >= 0.3 is 5.97 Å². The van der Waals surface area contributed by atoms with E-state index in [4.69, 9.17) is 5.14 Å². The summed E-state index contributed by atoms with van der Waals surface area (Å²) in [5.41, 5.74) is 5.17. The second-order valence-corrected chi connectivity index (χ2v) is 11.9. The molecule has 36 heavy (non-hydrogen) atoms. The molecule has 4 N–H and O–H groups in total. The van der Waals surface area contributed by atoms with Crippen molar-refractivity contribution < 1.29 is 18.3 Å². The lowest BCUT2D eigenvalue weighted by Crippen LogP contribution is -2.43. The number of carboxylic acid groups (broad SMARTS) is 1. The van der Waals surface area contributed by atoms with Crippen LogP contribution in [0.5, 0.6) is 0 Å². The number of allylic oxidation sites excluding steroid dienone is 3. The molecule has 1 fully saturated rings. The van der Waals surface area contributed by atoms with Gasteiger partial charge in [-0.05, 0) is 65.7 Å². The third-order valence-electron chi connectivity index (χ3n) is 8.31. The van der Waals surface area contributed by atoms with E-state index < -0.39 is 21.6 Å². The smallest absolute Gasteiger partial charge is 0.303 e. The van der Waals surface area contributed by atoms with E-state index in [-0.39, 0.29) is 30.2 Å². The molecule has 0 heterocycles. The van der Waals surface area contributed by atoms with Gasteiger partial charge in [0, 0.05) is 17.9 Å². The molecule has 3 unspecified atom stereocenters. The zero-order chi connectivity index (χ0) is 26.1. The van der Waals surface area contributed by atoms with Crippen LogP contribution in [0.3, 0.4) is 0 Å². The minimum atomic E-state index is -3.88. The van der Waals surface area contributed by atoms with Gasteiger partial charge in [-0.2, -0.15) is 13.1 Å². The van der Waals surface area contributed by atoms with Crippen molar-refractivity contribution in [3.05, 3.63) is 83.9 Å². The van der Waals surface area contributed by atoms with E-state index in [2.05, 4.69) is 42.5 Å². The minimum absolute atomic E-state index is 0.0130. The summed E-state index contributed by atoms with van der Waals surface area (Å²) in [5, 5.41) is 14.8. The van der Waals surface area contributed by atoms with Gasteiger partial charge in [0.15, 0.2) is 0 Å². The zero-order valence-corrected chi connectivity index (χ0v) is 21.8. The number of aliphatic carboxylic acids is 1. The topological polar surface area (TPSA) is 109 Å². The third kappa shape index (κ3) is 5.19. The number of fused-ring (bicyclic) bond motifs is 1. The molecule has 0 aromatic heterocycles. The van der Waals surface area contributed by atoms with Crippen molar-refractivity contribution in [1.29, 1.82) is 0 Å². The van der Waals surface area contributed by atoms with Crippen molar-refractivity contribution in [3.8, 4) is 0 Å². The molecule has 2 aromatic rings. The van der Waals surface area contributed by atoms with Crippen LogP contribution in [-0.2, 0) is 15.0 Å². The minimum Gasteiger partial charge on any atom is -0.481 e. The summed E-state index contributed by atoms with van der Waals surface area (Å²) in [6, 6.07) is 20.1. The lowest BCUT2D eigenvalue weighted by molar-refractivity contribution is -0.138. The Morgan fingerprint density at radius 2 is 1.72 bits per heavy atom. The van der Waals surface area contributed by atoms with Crippen molar-refractivity contribution in [2.45, 2.75) is 52.0 Å². The van der Waals surface area contributed by atoms with Crippen LogP contribution in [0, 0.1) is 23.2 Å². The average Bonchev–Trinajstić information content (AvgIpc) is 3.33. The predicted octanol–water partition coefficient (Wildman–Crippen LogP) is 5.25. The first-order valence-corrected chi connectivity index (χ1v) is 14.1. The number of hydrogen-bond acceptors (Lipinski definition) is 3. The van der Waals surface area contributed by atoms with Crippen molar-refractivity contribution >= 4 is 27.3 Å². The second kappa shape index (κ2) is 10.3. The molecule has 2 aromatic carbocycles. The van der Waals surface area contributed by atoms with Crippen LogP contribution in [0.25, 0.3) is 11.1 Å². The van der Waals surface area contributed by atoms with E-state index in [1.807, 2.05) is 43.3 Å². The fourth-order valence-corrected chi connectivity index (χ4v) is 7.22. The van der Waals surface area contributed by atoms with E-state index in [0.29, 0.717) is 12.8 Å². The summed E-state index contributed by atoms with van der Waals surface area (Å²) in [7, 11) is -3.88. The van der Waals surface area contributed by atoms with Gasteiger partial charge in [-0.25, -0.2) is 5.14 Å². The van der Waals surface area contributed by atoms with Crippen molar-refractivity contribution in [1.82, 2.24) is 4.72 Å². The molecule has 7 heteroatoms. The normalized spacial score (nSPS) is 25.4. The maximum Gasteiger partial charge on any atom is 0.303 e. The third-order valence-corrected chi connectivity index (χ3v) is 8.94. The van der Waals surface area contributed by atoms with Crippen LogP contribution < -0.4 is 9.86 Å². The summed E-state index contributed by atoms with van der Waals surface area (Å²) in [5.74, 6) is -0.656. The molecule has 5 atom stereocenters. The highest BCUT2D eigenvalue weighted by Crippen LogP contribution is 2.66. The Morgan fingerprint density at radius 1 is 1.11 bits per heavy atom. The van der Waals surface area contributed by atoms with Crippen LogP contribution >= 0.6 is 0 Å². The molecule has 4 rings (SSSR count). The highest BCUT2D eigenvalue weighted by Gasteiger charge is 2.57. The van der Waals surface area contributed by atoms with Gasteiger partial charge < -0.3 is 5.11 Å². The zero-order valence-electron chi connectivity index (χ0n) is 21.0. The fraction of sp³-hybridized carbons (Fsp3) is 0.414. The standard InChI is InChI=1S/C29H36N2O4S/c1-19(20(2)17-27(32)33)16-24-18-25-26(31-36(30,34)35)14-15-29(25,21(3)22-10-6-4-7-11-22)28(24)23-12-8-5-9-13-23/h4-13,19-20,25-26,31H,3,14-18H2,1-2H3,(H,32,33)(H2,30,34,35)/t19?,20?,25?,26-,29-/m0/s1. The monoisotopic (exact) mass is 508 g/mol. The molecule has 2 aliphatic rings. The number of nitrogens with two attached hydrogens (primary N) is 1. The SMILES string of the molecule is C=C(c1ccccc1)[C@@]12CC[C@H](NS(N)(=O)=O)C1CC(CC(C)C(C)CC(=O)O)=C2c1ccccc1. The maximum atomic E-state index is 12.1. The Bertz CT molecular complexity index is 1260. The Kier molecular flexibility index (Phi) is 7.55. The van der Waals surface area contributed by atoms with Crippen LogP contribution in [-0.4, -0.2) is 25.5 Å². The largest absolute Gasteiger partial charge is 0.481 e. The fourth-order valence-electron chi connectivity index (χ4n) is 6.52. The highest BCUT2D eigenvalue weighted by molar-refractivity contribution is 7.87. The maximum absolute atomic E-state index is 12.1. The van der Waals surface area contributed by atoms with E-state index in [0.717, 1.165) is 29.5 Å². The van der Waals surface area contributed by atoms with Crippen LogP contribution in [0.4, 0.5) is 0 Å². The number of benzene rings is 2. The Morgan fingerprint density at radius 3 is 2.31 bits per heavy atom. The van der Waals surface area contributed by atoms with E-state index in [9.17, 15) is 18.3 Å². The van der Waals surface area contributed by atoms with Gasteiger partial charge in [-0.1, -0.05) is 86.7 Å². The van der Waals surface area contributed by atoms with Crippen molar-refractivity contribution in [3.63, 3.8) is 0 Å². The molecule has 192 valence electrons. The lowest BCUT2D eigenvalue weighted by atomic mass is 9.66. The van der Waals surface area contributed by atoms with E-state index >= 15 is 0 Å². The first kappa shape index (κ1) is 26.3. The summed E-state index contributed by atoms with van der Waals surface area (Å²) in [6.07, 6.45) is 3.01. The van der Waals surface area contributed by atoms with E-state index in [1.54, 1.807) is 0 Å². The number of carboxylic acids is 1. The van der Waals surface area contributed by atoms with Gasteiger partial charge in [-0.3, -0.25) is 4.79 Å². The lowest BCUT2D eigenvalue weighted by Gasteiger charge is -2.37. The average molecular weight is 509 g/mol. The molecule has 1 saturated carbocycles. The van der Waals surface area contributed by atoms with E-state index in [1.165, 1.54) is 11.1 Å². The van der Waals surface area contributed by atoms with Gasteiger partial charge in [0.1, 0.15) is 0 Å². The molecule has 0 bridgehead atoms. The van der Waals surface area contributed by atoms with Gasteiger partial charge in [0.25, 0.3) is 10.2 Å². The summed E-state index contributed by atoms with van der Waals surface area (Å²) in [4.78, 5) is 11.4.